The van der Waals surface area contributed by atoms with Crippen LogP contribution in [0.25, 0.3) is 0 Å². The van der Waals surface area contributed by atoms with Crippen molar-refractivity contribution in [3.63, 3.8) is 0 Å². The zero-order valence-electron chi connectivity index (χ0n) is 3.11. The Morgan fingerprint density at radius 2 is 2.43 bits per heavy atom. The van der Waals surface area contributed by atoms with E-state index < -0.39 is 0 Å². The number of thiol groups is 2. The number of nitrogens with zero attached hydrogens (tertiary/aromatic N) is 2. The molecular formula is CH2N2S4. The van der Waals surface area contributed by atoms with E-state index in [-0.39, 0.29) is 0 Å². The average molecular weight is 170 g/mol. The maximum atomic E-state index is 3.95. The molecule has 40 valence electrons. The molecule has 0 amide bonds. The molecule has 0 aliphatic carbocycles. The van der Waals surface area contributed by atoms with Crippen molar-refractivity contribution >= 4 is 53.9 Å². The summed E-state index contributed by atoms with van der Waals surface area (Å²) in [5, 5.41) is 0. The third-order valence-corrected chi connectivity index (χ3v) is 2.65. The Hall–Kier alpha value is 1.03. The van der Waals surface area contributed by atoms with Gasteiger partial charge in [0.25, 0.3) is 0 Å². The van der Waals surface area contributed by atoms with Gasteiger partial charge >= 0.3 is 0 Å². The standard InChI is InChI=1S/CH2N2S4/c4-1-2-7-3(5)6-1/h5H,(H,2,4). The van der Waals surface area contributed by atoms with E-state index in [1.54, 1.807) is 3.12 Å². The van der Waals surface area contributed by atoms with Crippen LogP contribution in [0.3, 0.4) is 0 Å². The Labute approximate surface area is 61.5 Å². The molecule has 0 fully saturated rings. The molecule has 0 N–H and O–H groups in total. The van der Waals surface area contributed by atoms with Gasteiger partial charge in [-0.2, -0.15) is 4.40 Å². The monoisotopic (exact) mass is 170 g/mol. The summed E-state index contributed by atoms with van der Waals surface area (Å²) in [6, 6.07) is 0. The van der Waals surface area contributed by atoms with Crippen LogP contribution in [0.2, 0.25) is 0 Å². The molecular weight excluding hydrogens is 168 g/mol. The second kappa shape index (κ2) is 2.54. The summed E-state index contributed by atoms with van der Waals surface area (Å²) in [5.74, 6) is 0. The molecule has 0 radical (unpaired) electrons. The third kappa shape index (κ3) is 1.77. The van der Waals surface area contributed by atoms with E-state index in [1.165, 1.54) is 24.1 Å². The first-order valence-corrected chi connectivity index (χ1v) is 3.75. The Kier molecular flexibility index (Phi) is 2.23. The van der Waals surface area contributed by atoms with Crippen molar-refractivity contribution in [1.82, 2.24) is 3.12 Å². The summed E-state index contributed by atoms with van der Waals surface area (Å²) in [5.41, 5.74) is 0. The van der Waals surface area contributed by atoms with Gasteiger partial charge in [0, 0.05) is 11.9 Å². The highest BCUT2D eigenvalue weighted by molar-refractivity contribution is 8.40. The van der Waals surface area contributed by atoms with E-state index >= 15 is 0 Å². The molecule has 1 heterocycles. The molecule has 0 bridgehead atoms. The van der Waals surface area contributed by atoms with E-state index in [2.05, 4.69) is 29.8 Å². The molecule has 0 unspecified atom stereocenters. The molecule has 1 rings (SSSR count). The van der Waals surface area contributed by atoms with Crippen LogP contribution in [0.15, 0.2) is 4.40 Å². The fourth-order valence-electron chi connectivity index (χ4n) is 0.173. The first kappa shape index (κ1) is 6.15. The number of rotatable bonds is 0. The Bertz CT molecular complexity index is 99.9. The van der Waals surface area contributed by atoms with E-state index in [1.807, 2.05) is 0 Å². The summed E-state index contributed by atoms with van der Waals surface area (Å²) in [6.45, 7) is 0. The van der Waals surface area contributed by atoms with Crippen molar-refractivity contribution in [3.8, 4) is 0 Å². The molecule has 2 nitrogen and oxygen atoms in total. The topological polar surface area (TPSA) is 15.6 Å². The highest BCUT2D eigenvalue weighted by Gasteiger charge is 2.10. The van der Waals surface area contributed by atoms with Gasteiger partial charge in [0.05, 0.1) is 12.1 Å². The maximum Gasteiger partial charge on any atom is 0.153 e. The summed E-state index contributed by atoms with van der Waals surface area (Å²) in [7, 11) is 0. The minimum absolute atomic E-state index is 0.750. The zero-order chi connectivity index (χ0) is 5.28. The van der Waals surface area contributed by atoms with Crippen molar-refractivity contribution in [2.24, 2.45) is 4.40 Å². The fourth-order valence-corrected chi connectivity index (χ4v) is 2.19. The van der Waals surface area contributed by atoms with Gasteiger partial charge in [0.1, 0.15) is 0 Å². The van der Waals surface area contributed by atoms with Crippen LogP contribution in [-0.2, 0) is 0 Å². The van der Waals surface area contributed by atoms with Gasteiger partial charge in [0.15, 0.2) is 4.38 Å². The van der Waals surface area contributed by atoms with Gasteiger partial charge in [-0.05, 0) is 0 Å². The third-order valence-electron chi connectivity index (χ3n) is 0.349. The number of hydrogen-bond acceptors (Lipinski definition) is 5. The summed E-state index contributed by atoms with van der Waals surface area (Å²) in [6.07, 6.45) is 0. The Morgan fingerprint density at radius 3 is 2.57 bits per heavy atom. The predicted molar refractivity (Wildman–Crippen MR) is 42.4 cm³/mol. The lowest BCUT2D eigenvalue weighted by atomic mass is 11.7. The van der Waals surface area contributed by atoms with Crippen LogP contribution in [0, 0.1) is 0 Å². The van der Waals surface area contributed by atoms with Gasteiger partial charge < -0.3 is 0 Å². The Balaban J connectivity index is 2.42. The van der Waals surface area contributed by atoms with Crippen molar-refractivity contribution < 1.29 is 0 Å². The average Bonchev–Trinajstić information content (AvgIpc) is 1.87. The van der Waals surface area contributed by atoms with Gasteiger partial charge in [-0.1, -0.05) is 12.8 Å². The highest BCUT2D eigenvalue weighted by atomic mass is 32.3. The first-order chi connectivity index (χ1) is 3.29. The van der Waals surface area contributed by atoms with E-state index in [0.717, 1.165) is 4.38 Å². The zero-order valence-corrected chi connectivity index (χ0v) is 6.53. The minimum Gasteiger partial charge on any atom is -0.183 e. The minimum atomic E-state index is 0.750. The molecule has 0 saturated heterocycles. The predicted octanol–water partition coefficient (Wildman–Crippen LogP) is 1.64. The van der Waals surface area contributed by atoms with Crippen LogP contribution in [0.5, 0.6) is 0 Å². The molecule has 6 heteroatoms. The molecule has 0 saturated carbocycles. The molecule has 1 aliphatic heterocycles. The van der Waals surface area contributed by atoms with Crippen molar-refractivity contribution in [2.75, 3.05) is 0 Å². The Morgan fingerprint density at radius 1 is 1.71 bits per heavy atom. The quantitative estimate of drug-likeness (QED) is 0.425. The molecule has 7 heavy (non-hydrogen) atoms. The van der Waals surface area contributed by atoms with Gasteiger partial charge in [-0.25, -0.2) is 0 Å². The lowest BCUT2D eigenvalue weighted by Gasteiger charge is -1.94. The molecule has 0 aromatic heterocycles. The van der Waals surface area contributed by atoms with Crippen LogP contribution in [0.1, 0.15) is 0 Å². The molecule has 0 atom stereocenters. The smallest absolute Gasteiger partial charge is 0.153 e. The van der Waals surface area contributed by atoms with E-state index in [0.29, 0.717) is 0 Å². The van der Waals surface area contributed by atoms with E-state index in [9.17, 15) is 0 Å². The van der Waals surface area contributed by atoms with Gasteiger partial charge in [0.2, 0.25) is 0 Å². The molecule has 0 aromatic carbocycles. The van der Waals surface area contributed by atoms with Crippen LogP contribution >= 0.6 is 49.5 Å². The molecule has 0 spiro atoms. The van der Waals surface area contributed by atoms with Crippen LogP contribution < -0.4 is 0 Å². The SMILES string of the molecule is SC1=NSN(S)S1. The van der Waals surface area contributed by atoms with Crippen molar-refractivity contribution in [3.05, 3.63) is 0 Å². The summed E-state index contributed by atoms with van der Waals surface area (Å²) < 4.78 is 6.20. The van der Waals surface area contributed by atoms with Crippen LogP contribution in [-0.4, -0.2) is 7.49 Å². The largest absolute Gasteiger partial charge is 0.183 e. The van der Waals surface area contributed by atoms with E-state index in [4.69, 9.17) is 0 Å². The first-order valence-electron chi connectivity index (χ1n) is 1.40. The normalized spacial score (nSPS) is 22.9. The lowest BCUT2D eigenvalue weighted by Crippen LogP contribution is -1.79. The second-order valence-electron chi connectivity index (χ2n) is 0.785. The highest BCUT2D eigenvalue weighted by Crippen LogP contribution is 2.34. The maximum absolute atomic E-state index is 3.95. The van der Waals surface area contributed by atoms with Crippen LogP contribution in [0.4, 0.5) is 0 Å². The lowest BCUT2D eigenvalue weighted by molar-refractivity contribution is 1.33. The molecule has 0 aromatic rings. The summed E-state index contributed by atoms with van der Waals surface area (Å²) in [4.78, 5) is 0. The van der Waals surface area contributed by atoms with Gasteiger partial charge in [-0.15, -0.1) is 15.7 Å². The van der Waals surface area contributed by atoms with Gasteiger partial charge in [-0.3, -0.25) is 0 Å². The number of hydrogen-bond donors (Lipinski definition) is 2. The molecule has 1 aliphatic rings. The van der Waals surface area contributed by atoms with Crippen molar-refractivity contribution in [2.45, 2.75) is 0 Å². The fraction of sp³-hybridized carbons (Fsp3) is 0. The van der Waals surface area contributed by atoms with Crippen molar-refractivity contribution in [1.29, 1.82) is 0 Å². The second-order valence-corrected chi connectivity index (χ2v) is 4.33. The summed E-state index contributed by atoms with van der Waals surface area (Å²) >= 11 is 10.6.